The van der Waals surface area contributed by atoms with E-state index in [1.54, 1.807) is 0 Å². The summed E-state index contributed by atoms with van der Waals surface area (Å²) in [5.41, 5.74) is 3.72. The van der Waals surface area contributed by atoms with Gasteiger partial charge in [-0.3, -0.25) is 0 Å². The minimum Gasteiger partial charge on any atom is -0.462 e. The van der Waals surface area contributed by atoms with E-state index in [9.17, 15) is 4.79 Å². The molecule has 0 atom stereocenters. The Kier molecular flexibility index (Phi) is 2.69. The lowest BCUT2D eigenvalue weighted by Gasteiger charge is -2.03. The van der Waals surface area contributed by atoms with Gasteiger partial charge >= 0.3 is 5.97 Å². The normalized spacial score (nSPS) is 10.7. The summed E-state index contributed by atoms with van der Waals surface area (Å²) in [6.07, 6.45) is 1.96. The van der Waals surface area contributed by atoms with E-state index in [4.69, 9.17) is 4.74 Å². The molecule has 0 fully saturated rings. The average Bonchev–Trinajstić information content (AvgIpc) is 2.58. The molecule has 0 saturated carbocycles. The number of aromatic nitrogens is 1. The van der Waals surface area contributed by atoms with E-state index in [-0.39, 0.29) is 5.97 Å². The van der Waals surface area contributed by atoms with Gasteiger partial charge in [0.05, 0.1) is 17.7 Å². The number of rotatable bonds is 2. The Morgan fingerprint density at radius 3 is 2.88 bits per heavy atom. The first kappa shape index (κ1) is 10.7. The second-order valence-electron chi connectivity index (χ2n) is 3.83. The molecule has 0 spiro atoms. The molecule has 2 aromatic rings. The number of hydrogen-bond donors (Lipinski definition) is 0. The molecule has 0 amide bonds. The van der Waals surface area contributed by atoms with Crippen molar-refractivity contribution in [2.24, 2.45) is 0 Å². The highest BCUT2D eigenvalue weighted by Gasteiger charge is 2.15. The zero-order valence-corrected chi connectivity index (χ0v) is 9.78. The molecule has 0 aliphatic rings. The molecule has 0 bridgehead atoms. The summed E-state index contributed by atoms with van der Waals surface area (Å²) in [5.74, 6) is -0.248. The van der Waals surface area contributed by atoms with Gasteiger partial charge in [0.1, 0.15) is 0 Å². The van der Waals surface area contributed by atoms with Gasteiger partial charge in [-0.05, 0) is 38.5 Å². The highest BCUT2D eigenvalue weighted by molar-refractivity contribution is 5.98. The fraction of sp³-hybridized carbons (Fsp3) is 0.308. The van der Waals surface area contributed by atoms with Crippen molar-refractivity contribution in [1.82, 2.24) is 4.40 Å². The Labute approximate surface area is 94.6 Å². The van der Waals surface area contributed by atoms with Crippen LogP contribution in [0.15, 0.2) is 24.4 Å². The third kappa shape index (κ3) is 1.58. The molecule has 2 rings (SSSR count). The van der Waals surface area contributed by atoms with E-state index < -0.39 is 0 Å². The molecule has 3 heteroatoms. The van der Waals surface area contributed by atoms with Crippen molar-refractivity contribution >= 4 is 11.5 Å². The Balaban J connectivity index is 2.66. The lowest BCUT2D eigenvalue weighted by molar-refractivity contribution is 0.0528. The second-order valence-corrected chi connectivity index (χ2v) is 3.83. The number of ether oxygens (including phenoxy) is 1. The molecular formula is C13H15NO2. The molecule has 0 saturated heterocycles. The number of carbonyl (C=O) groups is 1. The highest BCUT2D eigenvalue weighted by atomic mass is 16.5. The maximum atomic E-state index is 11.8. The molecule has 3 nitrogen and oxygen atoms in total. The standard InChI is InChI=1S/C13H15NO2/c1-4-16-13(15)11-8-10(3)14-7-5-6-9(2)12(11)14/h5-8H,4H2,1-3H3. The van der Waals surface area contributed by atoms with Crippen molar-refractivity contribution in [3.05, 3.63) is 41.2 Å². The van der Waals surface area contributed by atoms with Crippen LogP contribution in [0.2, 0.25) is 0 Å². The molecule has 0 aliphatic carbocycles. The maximum Gasteiger partial charge on any atom is 0.340 e. The van der Waals surface area contributed by atoms with Crippen LogP contribution in [0.3, 0.4) is 0 Å². The number of hydrogen-bond acceptors (Lipinski definition) is 2. The first-order valence-corrected chi connectivity index (χ1v) is 5.39. The number of nitrogens with zero attached hydrogens (tertiary/aromatic N) is 1. The van der Waals surface area contributed by atoms with Gasteiger partial charge in [-0.15, -0.1) is 0 Å². The number of aryl methyl sites for hydroxylation is 2. The van der Waals surface area contributed by atoms with Crippen LogP contribution in [-0.2, 0) is 4.74 Å². The van der Waals surface area contributed by atoms with Gasteiger partial charge in [0.15, 0.2) is 0 Å². The summed E-state index contributed by atoms with van der Waals surface area (Å²) in [5, 5.41) is 0. The fourth-order valence-electron chi connectivity index (χ4n) is 1.96. The molecule has 0 aliphatic heterocycles. The van der Waals surface area contributed by atoms with Crippen molar-refractivity contribution in [2.75, 3.05) is 6.61 Å². The molecule has 0 N–H and O–H groups in total. The van der Waals surface area contributed by atoms with Crippen molar-refractivity contribution in [3.8, 4) is 0 Å². The summed E-state index contributed by atoms with van der Waals surface area (Å²) in [4.78, 5) is 11.8. The van der Waals surface area contributed by atoms with Gasteiger partial charge in [-0.25, -0.2) is 4.79 Å². The Morgan fingerprint density at radius 2 is 2.19 bits per heavy atom. The van der Waals surface area contributed by atoms with Crippen LogP contribution in [0.5, 0.6) is 0 Å². The smallest absolute Gasteiger partial charge is 0.340 e. The topological polar surface area (TPSA) is 30.7 Å². The Bertz CT molecular complexity index is 540. The third-order valence-corrected chi connectivity index (χ3v) is 2.68. The second kappa shape index (κ2) is 4.00. The van der Waals surface area contributed by atoms with E-state index in [0.717, 1.165) is 16.8 Å². The first-order chi connectivity index (χ1) is 7.65. The first-order valence-electron chi connectivity index (χ1n) is 5.39. The zero-order chi connectivity index (χ0) is 11.7. The highest BCUT2D eigenvalue weighted by Crippen LogP contribution is 2.20. The van der Waals surface area contributed by atoms with E-state index >= 15 is 0 Å². The molecule has 84 valence electrons. The predicted molar refractivity (Wildman–Crippen MR) is 62.8 cm³/mol. The van der Waals surface area contributed by atoms with Crippen LogP contribution in [0.4, 0.5) is 0 Å². The van der Waals surface area contributed by atoms with Gasteiger partial charge in [0.2, 0.25) is 0 Å². The van der Waals surface area contributed by atoms with Crippen LogP contribution >= 0.6 is 0 Å². The largest absolute Gasteiger partial charge is 0.462 e. The molecule has 2 aromatic heterocycles. The molecule has 2 heterocycles. The van der Waals surface area contributed by atoms with Gasteiger partial charge in [-0.1, -0.05) is 6.07 Å². The predicted octanol–water partition coefficient (Wildman–Crippen LogP) is 2.73. The van der Waals surface area contributed by atoms with Crippen molar-refractivity contribution in [2.45, 2.75) is 20.8 Å². The van der Waals surface area contributed by atoms with Crippen LogP contribution in [0.25, 0.3) is 5.52 Å². The Hall–Kier alpha value is -1.77. The van der Waals surface area contributed by atoms with E-state index in [0.29, 0.717) is 12.2 Å². The Morgan fingerprint density at radius 1 is 1.44 bits per heavy atom. The molecule has 0 unspecified atom stereocenters. The quantitative estimate of drug-likeness (QED) is 0.724. The van der Waals surface area contributed by atoms with Crippen LogP contribution in [-0.4, -0.2) is 17.0 Å². The van der Waals surface area contributed by atoms with Gasteiger partial charge < -0.3 is 9.14 Å². The summed E-state index contributed by atoms with van der Waals surface area (Å²) < 4.78 is 7.07. The number of carbonyl (C=O) groups excluding carboxylic acids is 1. The van der Waals surface area contributed by atoms with Crippen molar-refractivity contribution in [3.63, 3.8) is 0 Å². The lowest BCUT2D eigenvalue weighted by atomic mass is 10.2. The number of esters is 1. The zero-order valence-electron chi connectivity index (χ0n) is 9.78. The minimum absolute atomic E-state index is 0.248. The van der Waals surface area contributed by atoms with Crippen LogP contribution in [0.1, 0.15) is 28.5 Å². The summed E-state index contributed by atoms with van der Waals surface area (Å²) in [6, 6.07) is 5.85. The molecule has 16 heavy (non-hydrogen) atoms. The average molecular weight is 217 g/mol. The molecular weight excluding hydrogens is 202 g/mol. The van der Waals surface area contributed by atoms with E-state index in [1.165, 1.54) is 0 Å². The molecule has 0 radical (unpaired) electrons. The van der Waals surface area contributed by atoms with E-state index in [2.05, 4.69) is 0 Å². The minimum atomic E-state index is -0.248. The fourth-order valence-corrected chi connectivity index (χ4v) is 1.96. The summed E-state index contributed by atoms with van der Waals surface area (Å²) >= 11 is 0. The van der Waals surface area contributed by atoms with Crippen LogP contribution in [0, 0.1) is 13.8 Å². The molecule has 0 aromatic carbocycles. The summed E-state index contributed by atoms with van der Waals surface area (Å²) in [7, 11) is 0. The van der Waals surface area contributed by atoms with E-state index in [1.807, 2.05) is 49.6 Å². The SMILES string of the molecule is CCOC(=O)c1cc(C)n2cccc(C)c12. The lowest BCUT2D eigenvalue weighted by Crippen LogP contribution is -2.04. The monoisotopic (exact) mass is 217 g/mol. The van der Waals surface area contributed by atoms with Crippen molar-refractivity contribution in [1.29, 1.82) is 0 Å². The number of fused-ring (bicyclic) bond motifs is 1. The van der Waals surface area contributed by atoms with Gasteiger partial charge in [0, 0.05) is 11.9 Å². The third-order valence-electron chi connectivity index (χ3n) is 2.68. The van der Waals surface area contributed by atoms with Gasteiger partial charge in [-0.2, -0.15) is 0 Å². The summed E-state index contributed by atoms with van der Waals surface area (Å²) in [6.45, 7) is 6.20. The number of pyridine rings is 1. The van der Waals surface area contributed by atoms with Crippen LogP contribution < -0.4 is 0 Å². The van der Waals surface area contributed by atoms with Crippen molar-refractivity contribution < 1.29 is 9.53 Å². The van der Waals surface area contributed by atoms with Gasteiger partial charge in [0.25, 0.3) is 0 Å². The maximum absolute atomic E-state index is 11.8.